The summed E-state index contributed by atoms with van der Waals surface area (Å²) in [5.41, 5.74) is -0.773. The van der Waals surface area contributed by atoms with E-state index in [0.29, 0.717) is 12.8 Å². The minimum atomic E-state index is -4.36. The molecular formula is C13H14Cl2F3N3O2. The van der Waals surface area contributed by atoms with E-state index >= 15 is 0 Å². The average Bonchev–Trinajstić information content (AvgIpc) is 2.47. The SMILES string of the molecule is O=C(Cn1ncc(Cl)c(Cl)c1=O)N[C@@H]1CCCC[C@@H]1C(F)(F)F. The summed E-state index contributed by atoms with van der Waals surface area (Å²) in [7, 11) is 0. The van der Waals surface area contributed by atoms with Gasteiger partial charge in [-0.05, 0) is 12.8 Å². The molecule has 5 nitrogen and oxygen atoms in total. The highest BCUT2D eigenvalue weighted by molar-refractivity contribution is 6.41. The molecule has 10 heteroatoms. The van der Waals surface area contributed by atoms with E-state index in [-0.39, 0.29) is 22.9 Å². The molecule has 1 N–H and O–H groups in total. The molecule has 1 aromatic rings. The molecule has 0 aromatic carbocycles. The lowest BCUT2D eigenvalue weighted by Crippen LogP contribution is -2.49. The largest absolute Gasteiger partial charge is 0.393 e. The molecule has 2 rings (SSSR count). The molecule has 0 bridgehead atoms. The van der Waals surface area contributed by atoms with Crippen molar-refractivity contribution in [2.24, 2.45) is 5.92 Å². The monoisotopic (exact) mass is 371 g/mol. The van der Waals surface area contributed by atoms with Crippen LogP contribution in [0, 0.1) is 5.92 Å². The Bertz CT molecular complexity index is 648. The van der Waals surface area contributed by atoms with Crippen LogP contribution in [-0.2, 0) is 11.3 Å². The van der Waals surface area contributed by atoms with E-state index in [9.17, 15) is 22.8 Å². The normalized spacial score (nSPS) is 22.0. The first-order valence-electron chi connectivity index (χ1n) is 6.97. The predicted molar refractivity (Wildman–Crippen MR) is 78.5 cm³/mol. The Kier molecular flexibility index (Phi) is 5.57. The number of carbonyl (C=O) groups excluding carboxylic acids is 1. The van der Waals surface area contributed by atoms with Gasteiger partial charge in [-0.2, -0.15) is 18.3 Å². The van der Waals surface area contributed by atoms with Crippen molar-refractivity contribution in [1.82, 2.24) is 15.1 Å². The fraction of sp³-hybridized carbons (Fsp3) is 0.615. The van der Waals surface area contributed by atoms with E-state index < -0.39 is 36.1 Å². The van der Waals surface area contributed by atoms with E-state index in [1.54, 1.807) is 0 Å². The topological polar surface area (TPSA) is 64.0 Å². The first-order chi connectivity index (χ1) is 10.7. The molecule has 1 aliphatic rings. The molecular weight excluding hydrogens is 358 g/mol. The maximum Gasteiger partial charge on any atom is 0.393 e. The molecule has 1 fully saturated rings. The maximum absolute atomic E-state index is 13.0. The summed E-state index contributed by atoms with van der Waals surface area (Å²) >= 11 is 11.3. The van der Waals surface area contributed by atoms with Crippen molar-refractivity contribution in [1.29, 1.82) is 0 Å². The van der Waals surface area contributed by atoms with Crippen LogP contribution in [0.2, 0.25) is 10.0 Å². The van der Waals surface area contributed by atoms with E-state index in [1.807, 2.05) is 0 Å². The van der Waals surface area contributed by atoms with Gasteiger partial charge < -0.3 is 5.32 Å². The number of alkyl halides is 3. The second-order valence-corrected chi connectivity index (χ2v) is 6.16. The van der Waals surface area contributed by atoms with Gasteiger partial charge in [0.1, 0.15) is 11.6 Å². The Morgan fingerprint density at radius 1 is 1.35 bits per heavy atom. The Morgan fingerprint density at radius 3 is 2.65 bits per heavy atom. The minimum Gasteiger partial charge on any atom is -0.351 e. The zero-order chi connectivity index (χ0) is 17.2. The Labute approximate surface area is 139 Å². The van der Waals surface area contributed by atoms with Crippen molar-refractivity contribution in [3.63, 3.8) is 0 Å². The molecule has 0 radical (unpaired) electrons. The predicted octanol–water partition coefficient (Wildman–Crippen LogP) is 2.79. The summed E-state index contributed by atoms with van der Waals surface area (Å²) in [4.78, 5) is 23.7. The lowest BCUT2D eigenvalue weighted by atomic mass is 9.84. The first-order valence-corrected chi connectivity index (χ1v) is 7.73. The van der Waals surface area contributed by atoms with Crippen molar-refractivity contribution in [2.45, 2.75) is 44.4 Å². The number of halogens is 5. The summed E-state index contributed by atoms with van der Waals surface area (Å²) in [5, 5.41) is 5.65. The first kappa shape index (κ1) is 18.1. The molecule has 0 aliphatic heterocycles. The quantitative estimate of drug-likeness (QED) is 0.888. The molecule has 1 aromatic heterocycles. The zero-order valence-electron chi connectivity index (χ0n) is 11.9. The smallest absolute Gasteiger partial charge is 0.351 e. The fourth-order valence-corrected chi connectivity index (χ4v) is 2.91. The summed E-state index contributed by atoms with van der Waals surface area (Å²) < 4.78 is 39.7. The number of rotatable bonds is 3. The van der Waals surface area contributed by atoms with Crippen LogP contribution in [-0.4, -0.2) is 27.9 Å². The van der Waals surface area contributed by atoms with Gasteiger partial charge >= 0.3 is 6.18 Å². The molecule has 1 amide bonds. The van der Waals surface area contributed by atoms with Crippen LogP contribution in [0.1, 0.15) is 25.7 Å². The molecule has 0 spiro atoms. The van der Waals surface area contributed by atoms with Crippen LogP contribution in [0.3, 0.4) is 0 Å². The number of hydrogen-bond acceptors (Lipinski definition) is 3. The van der Waals surface area contributed by atoms with E-state index in [4.69, 9.17) is 23.2 Å². The van der Waals surface area contributed by atoms with Gasteiger partial charge in [-0.3, -0.25) is 9.59 Å². The second-order valence-electron chi connectivity index (χ2n) is 5.38. The Hall–Kier alpha value is -1.28. The molecule has 2 atom stereocenters. The van der Waals surface area contributed by atoms with Crippen LogP contribution >= 0.6 is 23.2 Å². The second kappa shape index (κ2) is 7.09. The summed E-state index contributed by atoms with van der Waals surface area (Å²) in [6, 6.07) is -0.991. The van der Waals surface area contributed by atoms with Gasteiger partial charge in [-0.15, -0.1) is 0 Å². The number of carbonyl (C=O) groups is 1. The Morgan fingerprint density at radius 2 is 2.00 bits per heavy atom. The van der Waals surface area contributed by atoms with Crippen LogP contribution in [0.4, 0.5) is 13.2 Å². The van der Waals surface area contributed by atoms with Gasteiger partial charge in [0.2, 0.25) is 5.91 Å². The van der Waals surface area contributed by atoms with E-state index in [2.05, 4.69) is 10.4 Å². The third-order valence-corrected chi connectivity index (χ3v) is 4.52. The van der Waals surface area contributed by atoms with Gasteiger partial charge in [-0.1, -0.05) is 36.0 Å². The fourth-order valence-electron chi connectivity index (χ4n) is 2.64. The summed E-state index contributed by atoms with van der Waals surface area (Å²) in [6.45, 7) is -0.517. The van der Waals surface area contributed by atoms with Gasteiger partial charge in [0, 0.05) is 6.04 Å². The lowest BCUT2D eigenvalue weighted by molar-refractivity contribution is -0.189. The van der Waals surface area contributed by atoms with Crippen molar-refractivity contribution in [3.05, 3.63) is 26.6 Å². The minimum absolute atomic E-state index is 0.0145. The van der Waals surface area contributed by atoms with Crippen LogP contribution in [0.15, 0.2) is 11.0 Å². The molecule has 23 heavy (non-hydrogen) atoms. The van der Waals surface area contributed by atoms with E-state index in [1.165, 1.54) is 0 Å². The van der Waals surface area contributed by atoms with Gasteiger partial charge in [0.25, 0.3) is 5.56 Å². The van der Waals surface area contributed by atoms with Crippen molar-refractivity contribution < 1.29 is 18.0 Å². The standard InChI is InChI=1S/C13H14Cl2F3N3O2/c14-8-5-19-21(12(23)11(8)15)6-10(22)20-9-4-2-1-3-7(9)13(16,17)18/h5,7,9H,1-4,6H2,(H,20,22)/t7-,9+/m0/s1. The highest BCUT2D eigenvalue weighted by Crippen LogP contribution is 2.37. The maximum atomic E-state index is 13.0. The third-order valence-electron chi connectivity index (χ3n) is 3.77. The average molecular weight is 372 g/mol. The van der Waals surface area contributed by atoms with Crippen LogP contribution in [0.5, 0.6) is 0 Å². The lowest BCUT2D eigenvalue weighted by Gasteiger charge is -2.33. The van der Waals surface area contributed by atoms with Crippen LogP contribution in [0.25, 0.3) is 0 Å². The number of nitrogens with one attached hydrogen (secondary N) is 1. The van der Waals surface area contributed by atoms with Gasteiger partial charge in [0.15, 0.2) is 0 Å². The van der Waals surface area contributed by atoms with Crippen molar-refractivity contribution in [2.75, 3.05) is 0 Å². The third kappa shape index (κ3) is 4.38. The molecule has 0 saturated heterocycles. The number of amides is 1. The van der Waals surface area contributed by atoms with Crippen molar-refractivity contribution >= 4 is 29.1 Å². The zero-order valence-corrected chi connectivity index (χ0v) is 13.4. The molecule has 0 unspecified atom stereocenters. The highest BCUT2D eigenvalue weighted by Gasteiger charge is 2.45. The van der Waals surface area contributed by atoms with Crippen molar-refractivity contribution in [3.8, 4) is 0 Å². The summed E-state index contributed by atoms with van der Waals surface area (Å²) in [5.74, 6) is -2.29. The van der Waals surface area contributed by atoms with Gasteiger partial charge in [0.05, 0.1) is 17.1 Å². The number of aromatic nitrogens is 2. The summed E-state index contributed by atoms with van der Waals surface area (Å²) in [6.07, 6.45) is -1.94. The van der Waals surface area contributed by atoms with Gasteiger partial charge in [-0.25, -0.2) is 4.68 Å². The highest BCUT2D eigenvalue weighted by atomic mass is 35.5. The molecule has 1 saturated carbocycles. The van der Waals surface area contributed by atoms with Crippen LogP contribution < -0.4 is 10.9 Å². The molecule has 1 heterocycles. The molecule has 1 aliphatic carbocycles. The number of nitrogens with zero attached hydrogens (tertiary/aromatic N) is 2. The number of hydrogen-bond donors (Lipinski definition) is 1. The molecule has 128 valence electrons. The van der Waals surface area contributed by atoms with E-state index in [0.717, 1.165) is 10.9 Å². The Balaban J connectivity index is 2.07.